The molecule has 0 aliphatic carbocycles. The fourth-order valence-corrected chi connectivity index (χ4v) is 2.67. The molecule has 1 aromatic rings. The van der Waals surface area contributed by atoms with E-state index in [1.54, 1.807) is 12.1 Å². The van der Waals surface area contributed by atoms with Crippen LogP contribution in [0.3, 0.4) is 0 Å². The zero-order chi connectivity index (χ0) is 14.4. The maximum Gasteiger partial charge on any atom is 0.260 e. The van der Waals surface area contributed by atoms with Crippen LogP contribution in [0.5, 0.6) is 0 Å². The fourth-order valence-electron chi connectivity index (χ4n) is 2.67. The molecule has 1 aliphatic heterocycles. The van der Waals surface area contributed by atoms with Crippen LogP contribution in [-0.2, 0) is 0 Å². The Hall–Kier alpha value is -1.62. The predicted molar refractivity (Wildman–Crippen MR) is 78.9 cm³/mol. The van der Waals surface area contributed by atoms with Crippen LogP contribution in [0.15, 0.2) is 23.1 Å². The molecule has 0 bridgehead atoms. The number of pyridine rings is 1. The van der Waals surface area contributed by atoms with E-state index in [4.69, 9.17) is 0 Å². The van der Waals surface area contributed by atoms with Gasteiger partial charge in [-0.1, -0.05) is 6.42 Å². The van der Waals surface area contributed by atoms with E-state index < -0.39 is 0 Å². The average Bonchev–Trinajstić information content (AvgIpc) is 2.45. The Balaban J connectivity index is 1.72. The molecule has 1 saturated heterocycles. The number of aromatic amines is 1. The molecule has 1 amide bonds. The van der Waals surface area contributed by atoms with Gasteiger partial charge in [0.05, 0.1) is 0 Å². The van der Waals surface area contributed by atoms with Gasteiger partial charge in [-0.2, -0.15) is 0 Å². The van der Waals surface area contributed by atoms with Crippen molar-refractivity contribution in [3.8, 4) is 0 Å². The van der Waals surface area contributed by atoms with Crippen molar-refractivity contribution in [2.24, 2.45) is 0 Å². The van der Waals surface area contributed by atoms with Gasteiger partial charge in [0.15, 0.2) is 0 Å². The number of likely N-dealkylation sites (tertiary alicyclic amines) is 1. The minimum atomic E-state index is -0.338. The van der Waals surface area contributed by atoms with Gasteiger partial charge in [0.1, 0.15) is 5.56 Å². The van der Waals surface area contributed by atoms with Gasteiger partial charge in [0.25, 0.3) is 11.5 Å². The second-order valence-corrected chi connectivity index (χ2v) is 5.40. The minimum absolute atomic E-state index is 0.179. The molecular weight excluding hydrogens is 254 g/mol. The molecule has 1 fully saturated rings. The van der Waals surface area contributed by atoms with Crippen molar-refractivity contribution in [3.63, 3.8) is 0 Å². The molecule has 5 heteroatoms. The smallest absolute Gasteiger partial charge is 0.260 e. The summed E-state index contributed by atoms with van der Waals surface area (Å²) in [4.78, 5) is 28.3. The number of nitrogens with one attached hydrogen (secondary N) is 2. The van der Waals surface area contributed by atoms with Crippen molar-refractivity contribution in [2.75, 3.05) is 19.6 Å². The molecule has 2 heterocycles. The Morgan fingerprint density at radius 2 is 2.35 bits per heavy atom. The van der Waals surface area contributed by atoms with Crippen LogP contribution < -0.4 is 10.9 Å². The lowest BCUT2D eigenvalue weighted by molar-refractivity contribution is 0.0947. The molecule has 1 atom stereocenters. The highest BCUT2D eigenvalue weighted by Gasteiger charge is 2.17. The van der Waals surface area contributed by atoms with E-state index in [2.05, 4.69) is 22.1 Å². The van der Waals surface area contributed by atoms with E-state index in [1.165, 1.54) is 25.5 Å². The summed E-state index contributed by atoms with van der Waals surface area (Å²) in [6.45, 7) is 5.04. The molecule has 1 aromatic heterocycles. The van der Waals surface area contributed by atoms with Crippen molar-refractivity contribution < 1.29 is 4.79 Å². The van der Waals surface area contributed by atoms with Crippen LogP contribution in [0.2, 0.25) is 0 Å². The number of piperidine rings is 1. The minimum Gasteiger partial charge on any atom is -0.352 e. The van der Waals surface area contributed by atoms with Gasteiger partial charge in [0.2, 0.25) is 0 Å². The molecule has 0 saturated carbocycles. The number of carbonyl (C=O) groups is 1. The number of rotatable bonds is 5. The van der Waals surface area contributed by atoms with Gasteiger partial charge < -0.3 is 15.2 Å². The SMILES string of the molecule is CC1CCCCN1CCCNC(=O)c1ccc[nH]c1=O. The fraction of sp³-hybridized carbons (Fsp3) is 0.600. The normalized spacial score (nSPS) is 19.8. The molecule has 110 valence electrons. The Labute approximate surface area is 119 Å². The third-order valence-electron chi connectivity index (χ3n) is 3.91. The zero-order valence-corrected chi connectivity index (χ0v) is 12.0. The second-order valence-electron chi connectivity index (χ2n) is 5.40. The Morgan fingerprint density at radius 3 is 3.10 bits per heavy atom. The lowest BCUT2D eigenvalue weighted by Gasteiger charge is -2.33. The Morgan fingerprint density at radius 1 is 1.50 bits per heavy atom. The number of aromatic nitrogens is 1. The van der Waals surface area contributed by atoms with E-state index >= 15 is 0 Å². The number of hydrogen-bond donors (Lipinski definition) is 2. The van der Waals surface area contributed by atoms with E-state index in [0.717, 1.165) is 19.5 Å². The highest BCUT2D eigenvalue weighted by Crippen LogP contribution is 2.15. The monoisotopic (exact) mass is 277 g/mol. The standard InChI is InChI=1S/C15H23N3O2/c1-12-6-2-3-10-18(12)11-5-9-17-15(20)13-7-4-8-16-14(13)19/h4,7-8,12H,2-3,5-6,9-11H2,1H3,(H,16,19)(H,17,20). The van der Waals surface area contributed by atoms with Crippen molar-refractivity contribution >= 4 is 5.91 Å². The van der Waals surface area contributed by atoms with Crippen LogP contribution in [0.4, 0.5) is 0 Å². The number of carbonyl (C=O) groups excluding carboxylic acids is 1. The van der Waals surface area contributed by atoms with Crippen LogP contribution in [-0.4, -0.2) is 41.5 Å². The summed E-state index contributed by atoms with van der Waals surface area (Å²) in [6.07, 6.45) is 6.31. The second kappa shape index (κ2) is 7.24. The van der Waals surface area contributed by atoms with Crippen LogP contribution in [0.1, 0.15) is 43.0 Å². The van der Waals surface area contributed by atoms with Gasteiger partial charge in [-0.25, -0.2) is 0 Å². The maximum atomic E-state index is 11.8. The zero-order valence-electron chi connectivity index (χ0n) is 12.0. The van der Waals surface area contributed by atoms with E-state index in [1.807, 2.05) is 0 Å². The highest BCUT2D eigenvalue weighted by molar-refractivity contribution is 5.93. The number of H-pyrrole nitrogens is 1. The summed E-state index contributed by atoms with van der Waals surface area (Å²) in [5, 5.41) is 2.81. The Bertz CT molecular complexity index is 498. The summed E-state index contributed by atoms with van der Waals surface area (Å²) in [5.74, 6) is -0.293. The van der Waals surface area contributed by atoms with Crippen molar-refractivity contribution in [1.29, 1.82) is 0 Å². The lowest BCUT2D eigenvalue weighted by Crippen LogP contribution is -2.39. The van der Waals surface area contributed by atoms with Gasteiger partial charge in [0, 0.05) is 25.3 Å². The topological polar surface area (TPSA) is 65.2 Å². The number of hydrogen-bond acceptors (Lipinski definition) is 3. The van der Waals surface area contributed by atoms with Crippen LogP contribution >= 0.6 is 0 Å². The molecule has 20 heavy (non-hydrogen) atoms. The van der Waals surface area contributed by atoms with E-state index in [9.17, 15) is 9.59 Å². The summed E-state index contributed by atoms with van der Waals surface area (Å²) in [7, 11) is 0. The molecule has 1 unspecified atom stereocenters. The summed E-state index contributed by atoms with van der Waals surface area (Å²) in [6, 6.07) is 3.85. The number of nitrogens with zero attached hydrogens (tertiary/aromatic N) is 1. The van der Waals surface area contributed by atoms with E-state index in [-0.39, 0.29) is 17.0 Å². The van der Waals surface area contributed by atoms with Gasteiger partial charge in [-0.05, 0) is 44.9 Å². The van der Waals surface area contributed by atoms with Gasteiger partial charge >= 0.3 is 0 Å². The molecule has 0 spiro atoms. The maximum absolute atomic E-state index is 11.8. The van der Waals surface area contributed by atoms with Gasteiger partial charge in [-0.15, -0.1) is 0 Å². The molecular formula is C15H23N3O2. The molecule has 1 aliphatic rings. The first-order valence-electron chi connectivity index (χ1n) is 7.38. The largest absolute Gasteiger partial charge is 0.352 e. The van der Waals surface area contributed by atoms with Crippen molar-refractivity contribution in [1.82, 2.24) is 15.2 Å². The van der Waals surface area contributed by atoms with Crippen molar-refractivity contribution in [2.45, 2.75) is 38.6 Å². The first-order valence-corrected chi connectivity index (χ1v) is 7.38. The van der Waals surface area contributed by atoms with Crippen LogP contribution in [0, 0.1) is 0 Å². The van der Waals surface area contributed by atoms with Gasteiger partial charge in [-0.3, -0.25) is 9.59 Å². The quantitative estimate of drug-likeness (QED) is 0.799. The lowest BCUT2D eigenvalue weighted by atomic mass is 10.0. The first-order chi connectivity index (χ1) is 9.68. The number of amides is 1. The van der Waals surface area contributed by atoms with Crippen LogP contribution in [0.25, 0.3) is 0 Å². The third kappa shape index (κ3) is 3.93. The molecule has 2 N–H and O–H groups in total. The predicted octanol–water partition coefficient (Wildman–Crippen LogP) is 1.37. The average molecular weight is 277 g/mol. The van der Waals surface area contributed by atoms with E-state index in [0.29, 0.717) is 12.6 Å². The Kier molecular flexibility index (Phi) is 5.35. The van der Waals surface area contributed by atoms with Crippen molar-refractivity contribution in [3.05, 3.63) is 34.2 Å². The highest BCUT2D eigenvalue weighted by atomic mass is 16.2. The third-order valence-corrected chi connectivity index (χ3v) is 3.91. The first kappa shape index (κ1) is 14.8. The molecule has 0 radical (unpaired) electrons. The summed E-state index contributed by atoms with van der Waals surface area (Å²) in [5.41, 5.74) is -0.159. The summed E-state index contributed by atoms with van der Waals surface area (Å²) < 4.78 is 0. The molecule has 0 aromatic carbocycles. The molecule has 5 nitrogen and oxygen atoms in total. The summed E-state index contributed by atoms with van der Waals surface area (Å²) >= 11 is 0. The molecule has 2 rings (SSSR count).